The van der Waals surface area contributed by atoms with Gasteiger partial charge in [-0.25, -0.2) is 4.79 Å². The van der Waals surface area contributed by atoms with Crippen molar-refractivity contribution in [3.8, 4) is 5.75 Å². The van der Waals surface area contributed by atoms with Gasteiger partial charge in [0, 0.05) is 32.0 Å². The van der Waals surface area contributed by atoms with Crippen molar-refractivity contribution >= 4 is 46.7 Å². The van der Waals surface area contributed by atoms with Crippen molar-refractivity contribution in [1.82, 2.24) is 15.5 Å². The average Bonchev–Trinajstić information content (AvgIpc) is 2.98. The molecule has 4 rings (SSSR count). The number of likely N-dealkylation sites (tertiary alicyclic amines) is 1. The van der Waals surface area contributed by atoms with Crippen LogP contribution in [0.15, 0.2) is 72.8 Å². The predicted molar refractivity (Wildman–Crippen MR) is 157 cm³/mol. The van der Waals surface area contributed by atoms with E-state index in [1.54, 1.807) is 30.2 Å². The van der Waals surface area contributed by atoms with Crippen molar-refractivity contribution in [2.45, 2.75) is 31.8 Å². The van der Waals surface area contributed by atoms with Gasteiger partial charge in [-0.15, -0.1) is 0 Å². The Kier molecular flexibility index (Phi) is 10.3. The van der Waals surface area contributed by atoms with E-state index in [9.17, 15) is 14.4 Å². The lowest BCUT2D eigenvalue weighted by atomic mass is 9.94. The van der Waals surface area contributed by atoms with E-state index in [1.165, 1.54) is 0 Å². The Morgan fingerprint density at radius 3 is 2.38 bits per heavy atom. The van der Waals surface area contributed by atoms with Gasteiger partial charge in [-0.2, -0.15) is 0 Å². The molecular weight excluding hydrogens is 551 g/mol. The molecule has 3 aromatic rings. The quantitative estimate of drug-likeness (QED) is 0.319. The molecule has 0 aromatic heterocycles. The molecule has 3 aromatic carbocycles. The minimum Gasteiger partial charge on any atom is -0.497 e. The minimum absolute atomic E-state index is 0.0355. The highest BCUT2D eigenvalue weighted by molar-refractivity contribution is 6.44. The molecule has 1 saturated heterocycles. The number of piperidine rings is 1. The Labute approximate surface area is 244 Å². The molecule has 3 N–H and O–H groups in total. The van der Waals surface area contributed by atoms with Crippen molar-refractivity contribution in [1.29, 1.82) is 0 Å². The maximum atomic E-state index is 13.6. The molecule has 1 atom stereocenters. The number of nitrogens with one attached hydrogen (secondary N) is 3. The van der Waals surface area contributed by atoms with E-state index in [0.29, 0.717) is 49.6 Å². The molecule has 210 valence electrons. The van der Waals surface area contributed by atoms with Gasteiger partial charge in [0.05, 0.1) is 22.8 Å². The van der Waals surface area contributed by atoms with Gasteiger partial charge in [0.25, 0.3) is 0 Å². The molecule has 0 bridgehead atoms. The van der Waals surface area contributed by atoms with E-state index in [-0.39, 0.29) is 22.8 Å². The van der Waals surface area contributed by atoms with E-state index in [1.807, 2.05) is 54.6 Å². The number of halogens is 2. The fourth-order valence-corrected chi connectivity index (χ4v) is 5.01. The van der Waals surface area contributed by atoms with Crippen molar-refractivity contribution in [3.63, 3.8) is 0 Å². The summed E-state index contributed by atoms with van der Waals surface area (Å²) in [6.45, 7) is 1.25. The van der Waals surface area contributed by atoms with Crippen LogP contribution in [0.3, 0.4) is 0 Å². The topological polar surface area (TPSA) is 99.8 Å². The third-order valence-corrected chi connectivity index (χ3v) is 7.68. The highest BCUT2D eigenvalue weighted by Gasteiger charge is 2.32. The fourth-order valence-electron chi connectivity index (χ4n) is 4.67. The van der Waals surface area contributed by atoms with Gasteiger partial charge in [-0.1, -0.05) is 71.7 Å². The summed E-state index contributed by atoms with van der Waals surface area (Å²) in [5, 5.41) is 9.02. The SMILES string of the molecule is COc1cccc(CNC(=O)C2CCN(C(=O)[C@H](Cc3ccccc3)NC(=O)Nc3cccc(Cl)c3Cl)CC2)c1. The van der Waals surface area contributed by atoms with Crippen LogP contribution in [0, 0.1) is 5.92 Å². The molecule has 0 unspecified atom stereocenters. The monoisotopic (exact) mass is 582 g/mol. The first-order valence-corrected chi connectivity index (χ1v) is 13.8. The molecule has 1 aliphatic rings. The second kappa shape index (κ2) is 14.1. The van der Waals surface area contributed by atoms with Crippen LogP contribution in [-0.4, -0.2) is 49.0 Å². The zero-order valence-electron chi connectivity index (χ0n) is 22.2. The summed E-state index contributed by atoms with van der Waals surface area (Å²) in [6, 6.07) is 20.6. The van der Waals surface area contributed by atoms with Crippen molar-refractivity contribution < 1.29 is 19.1 Å². The largest absolute Gasteiger partial charge is 0.497 e. The number of hydrogen-bond acceptors (Lipinski definition) is 4. The van der Waals surface area contributed by atoms with Crippen LogP contribution < -0.4 is 20.7 Å². The Balaban J connectivity index is 1.35. The second-order valence-corrected chi connectivity index (χ2v) is 10.4. The summed E-state index contributed by atoms with van der Waals surface area (Å²) in [5.41, 5.74) is 2.21. The van der Waals surface area contributed by atoms with Crippen molar-refractivity contribution in [3.05, 3.63) is 94.0 Å². The van der Waals surface area contributed by atoms with Crippen LogP contribution in [0.25, 0.3) is 0 Å². The first kappa shape index (κ1) is 29.2. The lowest BCUT2D eigenvalue weighted by Crippen LogP contribution is -2.53. The zero-order chi connectivity index (χ0) is 28.5. The molecule has 4 amide bonds. The maximum Gasteiger partial charge on any atom is 0.319 e. The van der Waals surface area contributed by atoms with Crippen LogP contribution in [0.1, 0.15) is 24.0 Å². The van der Waals surface area contributed by atoms with Crippen LogP contribution in [0.5, 0.6) is 5.75 Å². The van der Waals surface area contributed by atoms with Gasteiger partial charge >= 0.3 is 6.03 Å². The molecule has 8 nitrogen and oxygen atoms in total. The molecule has 0 radical (unpaired) electrons. The average molecular weight is 584 g/mol. The third-order valence-electron chi connectivity index (χ3n) is 6.86. The summed E-state index contributed by atoms with van der Waals surface area (Å²) < 4.78 is 5.24. The van der Waals surface area contributed by atoms with Crippen LogP contribution in [-0.2, 0) is 22.6 Å². The standard InChI is InChI=1S/C30H32Cl2N4O4/c1-40-23-10-5-9-21(17-23)19-33-28(37)22-13-15-36(16-14-22)29(38)26(18-20-7-3-2-4-8-20)35-30(39)34-25-12-6-11-24(31)27(25)32/h2-12,17,22,26H,13-16,18-19H2,1H3,(H,33,37)(H2,34,35,39)/t26-/m0/s1. The Morgan fingerprint density at radius 1 is 0.950 bits per heavy atom. The summed E-state index contributed by atoms with van der Waals surface area (Å²) in [6.07, 6.45) is 1.40. The lowest BCUT2D eigenvalue weighted by Gasteiger charge is -2.34. The zero-order valence-corrected chi connectivity index (χ0v) is 23.7. The van der Waals surface area contributed by atoms with Crippen LogP contribution in [0.2, 0.25) is 10.0 Å². The molecule has 1 heterocycles. The minimum atomic E-state index is -0.807. The number of carbonyl (C=O) groups is 3. The van der Waals surface area contributed by atoms with Gasteiger partial charge in [0.15, 0.2) is 0 Å². The number of hydrogen-bond donors (Lipinski definition) is 3. The number of amides is 4. The van der Waals surface area contributed by atoms with Gasteiger partial charge in [-0.3, -0.25) is 9.59 Å². The first-order valence-electron chi connectivity index (χ1n) is 13.1. The Morgan fingerprint density at radius 2 is 1.65 bits per heavy atom. The van der Waals surface area contributed by atoms with E-state index in [4.69, 9.17) is 27.9 Å². The van der Waals surface area contributed by atoms with E-state index in [2.05, 4.69) is 16.0 Å². The molecule has 1 aliphatic heterocycles. The summed E-state index contributed by atoms with van der Waals surface area (Å²) in [7, 11) is 1.61. The van der Waals surface area contributed by atoms with E-state index >= 15 is 0 Å². The number of benzene rings is 3. The fraction of sp³-hybridized carbons (Fsp3) is 0.300. The van der Waals surface area contributed by atoms with E-state index in [0.717, 1.165) is 16.9 Å². The molecule has 0 spiro atoms. The smallest absolute Gasteiger partial charge is 0.319 e. The number of carbonyl (C=O) groups excluding carboxylic acids is 3. The third kappa shape index (κ3) is 7.90. The molecule has 0 aliphatic carbocycles. The number of nitrogens with zero attached hydrogens (tertiary/aromatic N) is 1. The van der Waals surface area contributed by atoms with Crippen molar-refractivity contribution in [2.24, 2.45) is 5.92 Å². The number of urea groups is 1. The second-order valence-electron chi connectivity index (χ2n) is 9.61. The number of rotatable bonds is 9. The van der Waals surface area contributed by atoms with Crippen molar-refractivity contribution in [2.75, 3.05) is 25.5 Å². The Bertz CT molecular complexity index is 1330. The van der Waals surface area contributed by atoms with Gasteiger partial charge in [0.1, 0.15) is 11.8 Å². The first-order chi connectivity index (χ1) is 19.3. The highest BCUT2D eigenvalue weighted by atomic mass is 35.5. The van der Waals surface area contributed by atoms with E-state index < -0.39 is 12.1 Å². The normalized spacial score (nSPS) is 14.2. The molecule has 40 heavy (non-hydrogen) atoms. The van der Waals surface area contributed by atoms with Gasteiger partial charge in [-0.05, 0) is 48.2 Å². The summed E-state index contributed by atoms with van der Waals surface area (Å²) in [5.74, 6) is 0.308. The number of ether oxygens (including phenoxy) is 1. The van der Waals surface area contributed by atoms with Crippen LogP contribution >= 0.6 is 23.2 Å². The van der Waals surface area contributed by atoms with Gasteiger partial charge < -0.3 is 25.6 Å². The maximum absolute atomic E-state index is 13.6. The predicted octanol–water partition coefficient (Wildman–Crippen LogP) is 5.29. The summed E-state index contributed by atoms with van der Waals surface area (Å²) >= 11 is 12.3. The van der Waals surface area contributed by atoms with Gasteiger partial charge in [0.2, 0.25) is 11.8 Å². The Hall–Kier alpha value is -3.75. The number of methoxy groups -OCH3 is 1. The lowest BCUT2D eigenvalue weighted by molar-refractivity contribution is -0.137. The molecular formula is C30H32Cl2N4O4. The van der Waals surface area contributed by atoms with Crippen LogP contribution in [0.4, 0.5) is 10.5 Å². The number of anilines is 1. The highest BCUT2D eigenvalue weighted by Crippen LogP contribution is 2.29. The summed E-state index contributed by atoms with van der Waals surface area (Å²) in [4.78, 5) is 41.0. The molecule has 1 fully saturated rings. The molecule has 0 saturated carbocycles. The molecule has 10 heteroatoms.